The molecule has 2 heteroatoms. The van der Waals surface area contributed by atoms with E-state index in [9.17, 15) is 0 Å². The Morgan fingerprint density at radius 3 is 2.56 bits per heavy atom. The fourth-order valence-corrected chi connectivity index (χ4v) is 3.14. The zero-order valence-electron chi connectivity index (χ0n) is 16.0. The monoisotopic (exact) mass is 357 g/mol. The molecule has 1 aliphatic carbocycles. The maximum atomic E-state index is 6.15. The number of hydrogen-bond acceptors (Lipinski definition) is 2. The summed E-state index contributed by atoms with van der Waals surface area (Å²) in [7, 11) is 0. The van der Waals surface area contributed by atoms with Crippen molar-refractivity contribution in [1.82, 2.24) is 0 Å². The van der Waals surface area contributed by atoms with Crippen LogP contribution < -0.4 is 0 Å². The van der Waals surface area contributed by atoms with Crippen molar-refractivity contribution >= 4 is 11.8 Å². The Morgan fingerprint density at radius 2 is 1.89 bits per heavy atom. The third-order valence-electron chi connectivity index (χ3n) is 4.36. The van der Waals surface area contributed by atoms with Gasteiger partial charge >= 0.3 is 0 Å². The normalized spacial score (nSPS) is 17.5. The minimum Gasteiger partial charge on any atom is -0.469 e. The van der Waals surface area contributed by atoms with Crippen LogP contribution in [0.25, 0.3) is 5.57 Å². The number of aliphatic imine (C=N–C) groups is 1. The van der Waals surface area contributed by atoms with Crippen LogP contribution in [0.3, 0.4) is 0 Å². The first-order valence-electron chi connectivity index (χ1n) is 9.04. The predicted octanol–water partition coefficient (Wildman–Crippen LogP) is 6.68. The van der Waals surface area contributed by atoms with Crippen LogP contribution in [0.4, 0.5) is 0 Å². The number of allylic oxidation sites excluding steroid dienone is 9. The second-order valence-electron chi connectivity index (χ2n) is 6.22. The maximum Gasteiger partial charge on any atom is 0.213 e. The summed E-state index contributed by atoms with van der Waals surface area (Å²) >= 11 is 0. The molecule has 0 saturated carbocycles. The summed E-state index contributed by atoms with van der Waals surface area (Å²) in [5.41, 5.74) is 5.97. The van der Waals surface area contributed by atoms with Crippen LogP contribution in [0.1, 0.15) is 36.1 Å². The Morgan fingerprint density at radius 1 is 1.11 bits per heavy atom. The molecule has 2 rings (SSSR count). The molecule has 1 aromatic rings. The van der Waals surface area contributed by atoms with Crippen molar-refractivity contribution in [2.45, 2.75) is 25.9 Å². The highest BCUT2D eigenvalue weighted by atomic mass is 16.5. The number of nitrogens with zero attached hydrogens (tertiary/aromatic N) is 1. The first-order chi connectivity index (χ1) is 13.1. The number of rotatable bonds is 9. The standard InChI is InChI=1S/C25H27NO/c1-6-11-20(18-19(5)9-4)21-13-10-14-23-22(21)15-16-24(23)27-25(12-7-2)26-17-8-3/h6-14,17-18,24H,1-4,15-16H2,5H3/b19-18-,20-11+,25-12+,26-17-. The van der Waals surface area contributed by atoms with Gasteiger partial charge in [-0.25, -0.2) is 4.99 Å². The van der Waals surface area contributed by atoms with Crippen LogP contribution in [-0.2, 0) is 11.2 Å². The lowest BCUT2D eigenvalue weighted by molar-refractivity contribution is 0.117. The van der Waals surface area contributed by atoms with Crippen LogP contribution in [0.2, 0.25) is 0 Å². The molecule has 2 nitrogen and oxygen atoms in total. The summed E-state index contributed by atoms with van der Waals surface area (Å²) in [5.74, 6) is 0.539. The highest BCUT2D eigenvalue weighted by Gasteiger charge is 2.27. The lowest BCUT2D eigenvalue weighted by Crippen LogP contribution is -2.00. The fraction of sp³-hybridized carbons (Fsp3) is 0.160. The molecule has 1 aliphatic rings. The highest BCUT2D eigenvalue weighted by molar-refractivity contribution is 5.79. The van der Waals surface area contributed by atoms with E-state index in [0.29, 0.717) is 5.88 Å². The minimum atomic E-state index is -0.0254. The average molecular weight is 357 g/mol. The molecule has 0 heterocycles. The summed E-state index contributed by atoms with van der Waals surface area (Å²) < 4.78 is 6.15. The van der Waals surface area contributed by atoms with Gasteiger partial charge in [0.1, 0.15) is 6.10 Å². The quantitative estimate of drug-likeness (QED) is 0.274. The fourth-order valence-electron chi connectivity index (χ4n) is 3.14. The molecule has 0 aliphatic heterocycles. The van der Waals surface area contributed by atoms with Gasteiger partial charge in [0, 0.05) is 6.21 Å². The molecule has 0 N–H and O–H groups in total. The van der Waals surface area contributed by atoms with E-state index in [4.69, 9.17) is 4.74 Å². The van der Waals surface area contributed by atoms with Gasteiger partial charge in [-0.3, -0.25) is 0 Å². The Kier molecular flexibility index (Phi) is 7.57. The van der Waals surface area contributed by atoms with Crippen LogP contribution >= 0.6 is 0 Å². The Labute approximate surface area is 163 Å². The van der Waals surface area contributed by atoms with Gasteiger partial charge in [-0.2, -0.15) is 0 Å². The van der Waals surface area contributed by atoms with E-state index in [1.807, 2.05) is 25.2 Å². The third kappa shape index (κ3) is 5.18. The van der Waals surface area contributed by atoms with Gasteiger partial charge in [-0.1, -0.05) is 86.5 Å². The average Bonchev–Trinajstić information content (AvgIpc) is 3.08. The van der Waals surface area contributed by atoms with Crippen molar-refractivity contribution in [2.75, 3.05) is 0 Å². The molecule has 1 unspecified atom stereocenters. The zero-order valence-corrected chi connectivity index (χ0v) is 16.0. The summed E-state index contributed by atoms with van der Waals surface area (Å²) in [4.78, 5) is 4.29. The summed E-state index contributed by atoms with van der Waals surface area (Å²) in [6.07, 6.45) is 16.4. The molecule has 0 saturated heterocycles. The van der Waals surface area contributed by atoms with Crippen molar-refractivity contribution in [2.24, 2.45) is 4.99 Å². The first-order valence-corrected chi connectivity index (χ1v) is 9.04. The lowest BCUT2D eigenvalue weighted by Gasteiger charge is -2.16. The molecule has 1 atom stereocenters. The molecule has 1 aromatic carbocycles. The topological polar surface area (TPSA) is 21.6 Å². The first kappa shape index (κ1) is 20.2. The number of benzene rings is 1. The number of fused-ring (bicyclic) bond motifs is 1. The molecular weight excluding hydrogens is 330 g/mol. The summed E-state index contributed by atoms with van der Waals surface area (Å²) in [6.45, 7) is 17.1. The summed E-state index contributed by atoms with van der Waals surface area (Å²) in [5, 5.41) is 0. The molecule has 0 amide bonds. The van der Waals surface area contributed by atoms with Crippen molar-refractivity contribution in [1.29, 1.82) is 0 Å². The molecule has 0 radical (unpaired) electrons. The van der Waals surface area contributed by atoms with Crippen LogP contribution in [0.15, 0.2) is 103 Å². The largest absolute Gasteiger partial charge is 0.469 e. The summed E-state index contributed by atoms with van der Waals surface area (Å²) in [6, 6.07) is 6.36. The van der Waals surface area contributed by atoms with Gasteiger partial charge in [-0.15, -0.1) is 0 Å². The van der Waals surface area contributed by atoms with Gasteiger partial charge in [0.05, 0.1) is 0 Å². The van der Waals surface area contributed by atoms with E-state index in [1.54, 1.807) is 24.4 Å². The molecule has 0 aromatic heterocycles. The second-order valence-corrected chi connectivity index (χ2v) is 6.22. The van der Waals surface area contributed by atoms with Gasteiger partial charge in [0.15, 0.2) is 0 Å². The molecule has 0 fully saturated rings. The van der Waals surface area contributed by atoms with Gasteiger partial charge in [0.2, 0.25) is 5.88 Å². The predicted molar refractivity (Wildman–Crippen MR) is 118 cm³/mol. The van der Waals surface area contributed by atoms with Crippen LogP contribution in [0, 0.1) is 0 Å². The van der Waals surface area contributed by atoms with Crippen LogP contribution in [-0.4, -0.2) is 6.21 Å². The molecule has 0 bridgehead atoms. The third-order valence-corrected chi connectivity index (χ3v) is 4.36. The zero-order chi connectivity index (χ0) is 19.6. The van der Waals surface area contributed by atoms with Gasteiger partial charge < -0.3 is 4.74 Å². The van der Waals surface area contributed by atoms with E-state index in [1.165, 1.54) is 16.7 Å². The van der Waals surface area contributed by atoms with Crippen molar-refractivity contribution in [3.05, 3.63) is 115 Å². The van der Waals surface area contributed by atoms with Gasteiger partial charge in [0.25, 0.3) is 0 Å². The van der Waals surface area contributed by atoms with E-state index >= 15 is 0 Å². The Balaban J connectivity index is 2.40. The van der Waals surface area contributed by atoms with Crippen molar-refractivity contribution in [3.8, 4) is 0 Å². The molecule has 0 spiro atoms. The molecule has 27 heavy (non-hydrogen) atoms. The Hall–Kier alpha value is -3.13. The molecule has 138 valence electrons. The number of ether oxygens (including phenoxy) is 1. The van der Waals surface area contributed by atoms with Crippen molar-refractivity contribution in [3.63, 3.8) is 0 Å². The van der Waals surface area contributed by atoms with Crippen LogP contribution in [0.5, 0.6) is 0 Å². The van der Waals surface area contributed by atoms with E-state index in [-0.39, 0.29) is 6.10 Å². The van der Waals surface area contributed by atoms with E-state index in [2.05, 4.69) is 55.6 Å². The smallest absolute Gasteiger partial charge is 0.213 e. The van der Waals surface area contributed by atoms with E-state index in [0.717, 1.165) is 24.0 Å². The minimum absolute atomic E-state index is 0.0254. The van der Waals surface area contributed by atoms with Gasteiger partial charge in [-0.05, 0) is 48.1 Å². The number of hydrogen-bond donors (Lipinski definition) is 0. The van der Waals surface area contributed by atoms with E-state index < -0.39 is 0 Å². The second kappa shape index (κ2) is 10.1. The maximum absolute atomic E-state index is 6.15. The lowest BCUT2D eigenvalue weighted by atomic mass is 9.95. The SMILES string of the molecule is C=C/C=N\C(=C/C=C)OC1CCc2c(C(/C=C(/C)C=C)=C/C=C)cccc21. The Bertz CT molecular complexity index is 849. The molecular formula is C25H27NO. The highest BCUT2D eigenvalue weighted by Crippen LogP contribution is 2.39. The van der Waals surface area contributed by atoms with Crippen molar-refractivity contribution < 1.29 is 4.74 Å².